The van der Waals surface area contributed by atoms with E-state index < -0.39 is 0 Å². The summed E-state index contributed by atoms with van der Waals surface area (Å²) in [6.45, 7) is 0. The zero-order chi connectivity index (χ0) is 12.4. The van der Waals surface area contributed by atoms with E-state index in [0.717, 1.165) is 27.0 Å². The third kappa shape index (κ3) is 2.19. The molecular weight excluding hydrogens is 290 g/mol. The first-order valence-electron chi connectivity index (χ1n) is 5.56. The Morgan fingerprint density at radius 2 is 1.83 bits per heavy atom. The summed E-state index contributed by atoms with van der Waals surface area (Å²) in [5, 5.41) is 4.32. The Balaban J connectivity index is 1.98. The molecule has 1 aromatic carbocycles. The maximum absolute atomic E-state index is 4.54. The number of nitrogens with zero attached hydrogens (tertiary/aromatic N) is 2. The lowest BCUT2D eigenvalue weighted by Gasteiger charge is -2.07. The molecule has 0 fully saturated rings. The van der Waals surface area contributed by atoms with E-state index in [4.69, 9.17) is 0 Å². The maximum atomic E-state index is 4.54. The standard InChI is InChI=1S/C14H10BrN3/c15-11-5-3-9-16-14(11)18-13-8-7-10-4-1-2-6-12(10)17-13/h1-9H,(H,16,17,18). The summed E-state index contributed by atoms with van der Waals surface area (Å²) in [6.07, 6.45) is 1.74. The number of pyridine rings is 2. The molecule has 4 heteroatoms. The van der Waals surface area contributed by atoms with Gasteiger partial charge in [-0.05, 0) is 46.3 Å². The van der Waals surface area contributed by atoms with E-state index in [0.29, 0.717) is 0 Å². The molecule has 0 aliphatic carbocycles. The molecule has 0 spiro atoms. The number of hydrogen-bond acceptors (Lipinski definition) is 3. The summed E-state index contributed by atoms with van der Waals surface area (Å²) < 4.78 is 0.917. The van der Waals surface area contributed by atoms with E-state index in [-0.39, 0.29) is 0 Å². The average Bonchev–Trinajstić information content (AvgIpc) is 2.41. The molecule has 2 heterocycles. The fourth-order valence-corrected chi connectivity index (χ4v) is 2.09. The first-order chi connectivity index (χ1) is 8.83. The highest BCUT2D eigenvalue weighted by atomic mass is 79.9. The molecule has 0 saturated carbocycles. The van der Waals surface area contributed by atoms with Crippen LogP contribution in [-0.4, -0.2) is 9.97 Å². The van der Waals surface area contributed by atoms with Crippen molar-refractivity contribution in [2.75, 3.05) is 5.32 Å². The van der Waals surface area contributed by atoms with Crippen LogP contribution >= 0.6 is 15.9 Å². The molecule has 0 saturated heterocycles. The number of nitrogens with one attached hydrogen (secondary N) is 1. The predicted molar refractivity (Wildman–Crippen MR) is 77.0 cm³/mol. The summed E-state index contributed by atoms with van der Waals surface area (Å²) in [4.78, 5) is 8.80. The topological polar surface area (TPSA) is 37.8 Å². The molecule has 0 atom stereocenters. The van der Waals surface area contributed by atoms with E-state index in [2.05, 4.69) is 31.2 Å². The third-order valence-corrected chi connectivity index (χ3v) is 3.24. The molecule has 3 aromatic rings. The second kappa shape index (κ2) is 4.74. The zero-order valence-electron chi connectivity index (χ0n) is 9.47. The van der Waals surface area contributed by atoms with Gasteiger partial charge in [-0.3, -0.25) is 0 Å². The SMILES string of the molecule is Brc1cccnc1Nc1ccc2ccccc2n1. The molecule has 18 heavy (non-hydrogen) atoms. The van der Waals surface area contributed by atoms with E-state index in [9.17, 15) is 0 Å². The van der Waals surface area contributed by atoms with Crippen molar-refractivity contribution in [3.8, 4) is 0 Å². The van der Waals surface area contributed by atoms with Gasteiger partial charge in [0.15, 0.2) is 0 Å². The van der Waals surface area contributed by atoms with Gasteiger partial charge in [-0.25, -0.2) is 9.97 Å². The van der Waals surface area contributed by atoms with Crippen LogP contribution in [0.1, 0.15) is 0 Å². The van der Waals surface area contributed by atoms with Gasteiger partial charge in [-0.15, -0.1) is 0 Å². The Hall–Kier alpha value is -1.94. The van der Waals surface area contributed by atoms with E-state index in [1.165, 1.54) is 0 Å². The van der Waals surface area contributed by atoms with Gasteiger partial charge in [0.05, 0.1) is 9.99 Å². The van der Waals surface area contributed by atoms with Gasteiger partial charge >= 0.3 is 0 Å². The van der Waals surface area contributed by atoms with Gasteiger partial charge < -0.3 is 5.32 Å². The smallest absolute Gasteiger partial charge is 0.145 e. The normalized spacial score (nSPS) is 10.5. The second-order valence-electron chi connectivity index (χ2n) is 3.85. The van der Waals surface area contributed by atoms with E-state index in [1.54, 1.807) is 6.20 Å². The number of rotatable bonds is 2. The molecule has 2 aromatic heterocycles. The molecule has 0 radical (unpaired) electrons. The minimum Gasteiger partial charge on any atom is -0.324 e. The molecule has 3 nitrogen and oxygen atoms in total. The molecule has 0 bridgehead atoms. The number of benzene rings is 1. The van der Waals surface area contributed by atoms with Crippen molar-refractivity contribution in [1.29, 1.82) is 0 Å². The lowest BCUT2D eigenvalue weighted by atomic mass is 10.2. The molecule has 0 amide bonds. The number of aromatic nitrogens is 2. The molecular formula is C14H10BrN3. The van der Waals surface area contributed by atoms with Crippen LogP contribution in [-0.2, 0) is 0 Å². The van der Waals surface area contributed by atoms with Crippen molar-refractivity contribution in [2.24, 2.45) is 0 Å². The Kier molecular flexibility index (Phi) is 2.94. The number of fused-ring (bicyclic) bond motifs is 1. The van der Waals surface area contributed by atoms with Crippen LogP contribution in [0.15, 0.2) is 59.2 Å². The van der Waals surface area contributed by atoms with Crippen molar-refractivity contribution < 1.29 is 0 Å². The van der Waals surface area contributed by atoms with Crippen molar-refractivity contribution in [3.05, 3.63) is 59.2 Å². The average molecular weight is 300 g/mol. The van der Waals surface area contributed by atoms with Gasteiger partial charge in [0.25, 0.3) is 0 Å². The van der Waals surface area contributed by atoms with Gasteiger partial charge in [0.2, 0.25) is 0 Å². The lowest BCUT2D eigenvalue weighted by molar-refractivity contribution is 1.26. The summed E-state index contributed by atoms with van der Waals surface area (Å²) in [5.74, 6) is 1.55. The number of halogens is 1. The van der Waals surface area contributed by atoms with Crippen LogP contribution in [0.3, 0.4) is 0 Å². The van der Waals surface area contributed by atoms with Crippen molar-refractivity contribution in [1.82, 2.24) is 9.97 Å². The highest BCUT2D eigenvalue weighted by molar-refractivity contribution is 9.10. The largest absolute Gasteiger partial charge is 0.324 e. The van der Waals surface area contributed by atoms with Crippen LogP contribution < -0.4 is 5.32 Å². The molecule has 1 N–H and O–H groups in total. The summed E-state index contributed by atoms with van der Waals surface area (Å²) in [6, 6.07) is 15.8. The highest BCUT2D eigenvalue weighted by Gasteiger charge is 2.02. The Bertz CT molecular complexity index is 697. The fraction of sp³-hybridized carbons (Fsp3) is 0. The fourth-order valence-electron chi connectivity index (χ4n) is 1.73. The number of hydrogen-bond donors (Lipinski definition) is 1. The van der Waals surface area contributed by atoms with Crippen LogP contribution in [0, 0.1) is 0 Å². The zero-order valence-corrected chi connectivity index (χ0v) is 11.1. The predicted octanol–water partition coefficient (Wildman–Crippen LogP) is 4.14. The van der Waals surface area contributed by atoms with Crippen LogP contribution in [0.4, 0.5) is 11.6 Å². The maximum Gasteiger partial charge on any atom is 0.145 e. The van der Waals surface area contributed by atoms with Crippen molar-refractivity contribution in [2.45, 2.75) is 0 Å². The van der Waals surface area contributed by atoms with Crippen LogP contribution in [0.25, 0.3) is 10.9 Å². The molecule has 0 aliphatic rings. The number of para-hydroxylation sites is 1. The Labute approximate surface area is 113 Å². The van der Waals surface area contributed by atoms with Crippen molar-refractivity contribution in [3.63, 3.8) is 0 Å². The molecule has 0 unspecified atom stereocenters. The van der Waals surface area contributed by atoms with Crippen molar-refractivity contribution >= 4 is 38.5 Å². The van der Waals surface area contributed by atoms with Gasteiger partial charge in [-0.2, -0.15) is 0 Å². The molecule has 3 rings (SSSR count). The second-order valence-corrected chi connectivity index (χ2v) is 4.70. The molecule has 88 valence electrons. The summed E-state index contributed by atoms with van der Waals surface area (Å²) in [5.41, 5.74) is 0.967. The monoisotopic (exact) mass is 299 g/mol. The Morgan fingerprint density at radius 1 is 0.944 bits per heavy atom. The van der Waals surface area contributed by atoms with Crippen LogP contribution in [0.2, 0.25) is 0 Å². The van der Waals surface area contributed by atoms with E-state index in [1.807, 2.05) is 48.5 Å². The van der Waals surface area contributed by atoms with Crippen LogP contribution in [0.5, 0.6) is 0 Å². The quantitative estimate of drug-likeness (QED) is 0.773. The summed E-state index contributed by atoms with van der Waals surface area (Å²) in [7, 11) is 0. The number of anilines is 2. The van der Waals surface area contributed by atoms with Gasteiger partial charge in [-0.1, -0.05) is 18.2 Å². The minimum atomic E-state index is 0.764. The van der Waals surface area contributed by atoms with Gasteiger partial charge in [0.1, 0.15) is 11.6 Å². The lowest BCUT2D eigenvalue weighted by Crippen LogP contribution is -1.96. The molecule has 0 aliphatic heterocycles. The summed E-state index contributed by atoms with van der Waals surface area (Å²) >= 11 is 3.45. The highest BCUT2D eigenvalue weighted by Crippen LogP contribution is 2.23. The third-order valence-electron chi connectivity index (χ3n) is 2.60. The van der Waals surface area contributed by atoms with Gasteiger partial charge in [0, 0.05) is 11.6 Å². The first-order valence-corrected chi connectivity index (χ1v) is 6.35. The first kappa shape index (κ1) is 11.2. The minimum absolute atomic E-state index is 0.764. The van der Waals surface area contributed by atoms with E-state index >= 15 is 0 Å². The Morgan fingerprint density at radius 3 is 2.72 bits per heavy atom.